The number of aromatic hydroxyl groups is 1. The highest BCUT2D eigenvalue weighted by atomic mass is 35.5. The van der Waals surface area contributed by atoms with Gasteiger partial charge in [-0.1, -0.05) is 11.6 Å². The molecule has 28 heavy (non-hydrogen) atoms. The van der Waals surface area contributed by atoms with E-state index >= 15 is 0 Å². The summed E-state index contributed by atoms with van der Waals surface area (Å²) in [6, 6.07) is 12.0. The van der Waals surface area contributed by atoms with E-state index in [0.29, 0.717) is 22.2 Å². The zero-order valence-corrected chi connectivity index (χ0v) is 16.1. The molecule has 3 aromatic rings. The van der Waals surface area contributed by atoms with Gasteiger partial charge in [-0.05, 0) is 54.7 Å². The Morgan fingerprint density at radius 1 is 1.14 bits per heavy atom. The van der Waals surface area contributed by atoms with Crippen molar-refractivity contribution in [3.05, 3.63) is 71.3 Å². The van der Waals surface area contributed by atoms with Crippen LogP contribution in [0.15, 0.2) is 60.1 Å². The summed E-state index contributed by atoms with van der Waals surface area (Å²) in [5, 5.41) is 20.0. The van der Waals surface area contributed by atoms with Crippen LogP contribution in [0.3, 0.4) is 0 Å². The lowest BCUT2D eigenvalue weighted by Gasteiger charge is -2.35. The number of rotatable bonds is 4. The van der Waals surface area contributed by atoms with Gasteiger partial charge in [-0.15, -0.1) is 10.2 Å². The Morgan fingerprint density at radius 3 is 2.54 bits per heavy atom. The van der Waals surface area contributed by atoms with Crippen LogP contribution in [0.4, 0.5) is 0 Å². The number of thiocarbonyl (C=S) groups is 1. The molecule has 142 valence electrons. The minimum atomic E-state index is -0.693. The summed E-state index contributed by atoms with van der Waals surface area (Å²) in [5.74, 6) is 0.682. The molecule has 1 unspecified atom stereocenters. The summed E-state index contributed by atoms with van der Waals surface area (Å²) in [6.07, 6.45) is 2.29. The maximum Gasteiger partial charge on any atom is 0.225 e. The van der Waals surface area contributed by atoms with Crippen molar-refractivity contribution in [2.45, 2.75) is 6.23 Å². The highest BCUT2D eigenvalue weighted by Gasteiger charge is 2.33. The van der Waals surface area contributed by atoms with Crippen molar-refractivity contribution in [1.82, 2.24) is 14.9 Å². The maximum atomic E-state index is 9.92. The van der Waals surface area contributed by atoms with Crippen LogP contribution >= 0.6 is 23.8 Å². The van der Waals surface area contributed by atoms with Crippen molar-refractivity contribution in [1.29, 1.82) is 0 Å². The summed E-state index contributed by atoms with van der Waals surface area (Å²) in [7, 11) is 1.48. The average Bonchev–Trinajstić information content (AvgIpc) is 3.22. The van der Waals surface area contributed by atoms with E-state index < -0.39 is 6.23 Å². The minimum Gasteiger partial charge on any atom is -0.504 e. The number of phenolic OH excluding ortho intramolecular Hbond substituents is 1. The fourth-order valence-corrected chi connectivity index (χ4v) is 3.13. The number of ether oxygens (including phenoxy) is 2. The Labute approximate surface area is 170 Å². The Bertz CT molecular complexity index is 1040. The van der Waals surface area contributed by atoms with Crippen molar-refractivity contribution >= 4 is 34.8 Å². The van der Waals surface area contributed by atoms with E-state index in [1.54, 1.807) is 46.1 Å². The minimum absolute atomic E-state index is 0.0204. The molecular formula is C18H14ClN5O3S. The third-order valence-corrected chi connectivity index (χ3v) is 4.60. The molecule has 0 spiro atoms. The second-order valence-corrected chi connectivity index (χ2v) is 6.60. The molecular weight excluding hydrogens is 402 g/mol. The van der Waals surface area contributed by atoms with Crippen LogP contribution in [0.2, 0.25) is 5.02 Å². The van der Waals surface area contributed by atoms with Crippen LogP contribution in [-0.4, -0.2) is 38.1 Å². The predicted octanol–water partition coefficient (Wildman–Crippen LogP) is 3.04. The van der Waals surface area contributed by atoms with Gasteiger partial charge in [0.2, 0.25) is 17.2 Å². The van der Waals surface area contributed by atoms with E-state index in [4.69, 9.17) is 33.3 Å². The molecule has 1 atom stereocenters. The van der Waals surface area contributed by atoms with Crippen LogP contribution < -0.4 is 9.75 Å². The van der Waals surface area contributed by atoms with Gasteiger partial charge in [-0.2, -0.15) is 4.99 Å². The van der Waals surface area contributed by atoms with Crippen molar-refractivity contribution in [2.24, 2.45) is 4.99 Å². The quantitative estimate of drug-likeness (QED) is 0.655. The smallest absolute Gasteiger partial charge is 0.225 e. The second-order valence-electron chi connectivity index (χ2n) is 5.79. The summed E-state index contributed by atoms with van der Waals surface area (Å²) >= 11 is 11.5. The molecule has 8 nitrogen and oxygen atoms in total. The Kier molecular flexibility index (Phi) is 4.84. The molecule has 0 amide bonds. The Balaban J connectivity index is 1.79. The lowest BCUT2D eigenvalue weighted by atomic mass is 10.1. The van der Waals surface area contributed by atoms with E-state index in [1.807, 2.05) is 0 Å². The molecule has 0 aliphatic carbocycles. The number of phenols is 1. The standard InChI is InChI=1S/C18H14ClN5O3S/c1-26-15-8-12(4-7-14(15)25)17-24(23-9-20-21-10-23)18(28)22-16(27-17)11-2-5-13(19)6-3-11/h2-10,17,25H,1H3. The van der Waals surface area contributed by atoms with E-state index in [9.17, 15) is 5.11 Å². The highest BCUT2D eigenvalue weighted by molar-refractivity contribution is 7.80. The lowest BCUT2D eigenvalue weighted by Crippen LogP contribution is -2.46. The normalized spacial score (nSPS) is 16.5. The molecule has 10 heteroatoms. The fourth-order valence-electron chi connectivity index (χ4n) is 2.73. The highest BCUT2D eigenvalue weighted by Crippen LogP contribution is 2.33. The first-order valence-electron chi connectivity index (χ1n) is 8.13. The Morgan fingerprint density at radius 2 is 1.86 bits per heavy atom. The summed E-state index contributed by atoms with van der Waals surface area (Å²) in [4.78, 5) is 4.41. The van der Waals surface area contributed by atoms with Gasteiger partial charge in [0.25, 0.3) is 0 Å². The molecule has 0 fully saturated rings. The number of halogens is 1. The van der Waals surface area contributed by atoms with Crippen molar-refractivity contribution in [2.75, 3.05) is 12.1 Å². The third-order valence-electron chi connectivity index (χ3n) is 4.07. The summed E-state index contributed by atoms with van der Waals surface area (Å²) in [5.41, 5.74) is 1.41. The van der Waals surface area contributed by atoms with Crippen LogP contribution in [0.1, 0.15) is 17.4 Å². The first-order valence-corrected chi connectivity index (χ1v) is 8.92. The van der Waals surface area contributed by atoms with E-state index in [-0.39, 0.29) is 10.9 Å². The zero-order valence-electron chi connectivity index (χ0n) is 14.6. The van der Waals surface area contributed by atoms with Crippen molar-refractivity contribution in [3.63, 3.8) is 0 Å². The van der Waals surface area contributed by atoms with Gasteiger partial charge < -0.3 is 14.6 Å². The van der Waals surface area contributed by atoms with Crippen molar-refractivity contribution in [3.8, 4) is 11.5 Å². The molecule has 0 saturated heterocycles. The van der Waals surface area contributed by atoms with Crippen LogP contribution in [0.25, 0.3) is 0 Å². The summed E-state index contributed by atoms with van der Waals surface area (Å²) in [6.45, 7) is 0. The van der Waals surface area contributed by atoms with Gasteiger partial charge >= 0.3 is 0 Å². The molecule has 1 aliphatic rings. The van der Waals surface area contributed by atoms with E-state index in [0.717, 1.165) is 5.56 Å². The Hall–Kier alpha value is -3.17. The number of aromatic nitrogens is 3. The number of nitrogens with zero attached hydrogens (tertiary/aromatic N) is 5. The van der Waals surface area contributed by atoms with Gasteiger partial charge in [0.1, 0.15) is 12.7 Å². The molecule has 2 aromatic carbocycles. The maximum absolute atomic E-state index is 9.92. The monoisotopic (exact) mass is 415 g/mol. The summed E-state index contributed by atoms with van der Waals surface area (Å²) < 4.78 is 13.0. The largest absolute Gasteiger partial charge is 0.504 e. The molecule has 1 aromatic heterocycles. The SMILES string of the molecule is COc1cc(C2OC(c3ccc(Cl)cc3)=NC(=S)N2n2cnnc2)ccc1O. The fraction of sp³-hybridized carbons (Fsp3) is 0.111. The van der Waals surface area contributed by atoms with Gasteiger partial charge in [0.15, 0.2) is 11.5 Å². The van der Waals surface area contributed by atoms with Gasteiger partial charge in [0, 0.05) is 16.1 Å². The number of hydrogen-bond donors (Lipinski definition) is 1. The lowest BCUT2D eigenvalue weighted by molar-refractivity contribution is 0.171. The number of benzene rings is 2. The van der Waals surface area contributed by atoms with Crippen molar-refractivity contribution < 1.29 is 14.6 Å². The molecule has 0 radical (unpaired) electrons. The first kappa shape index (κ1) is 18.2. The molecule has 0 bridgehead atoms. The molecule has 0 saturated carbocycles. The molecule has 4 rings (SSSR count). The third kappa shape index (κ3) is 3.37. The molecule has 2 heterocycles. The molecule has 1 N–H and O–H groups in total. The van der Waals surface area contributed by atoms with E-state index in [1.165, 1.54) is 25.8 Å². The van der Waals surface area contributed by atoms with Crippen LogP contribution in [0.5, 0.6) is 11.5 Å². The van der Waals surface area contributed by atoms with Crippen LogP contribution in [0, 0.1) is 0 Å². The number of aliphatic imine (C=N–C) groups is 1. The predicted molar refractivity (Wildman–Crippen MR) is 107 cm³/mol. The molecule has 1 aliphatic heterocycles. The average molecular weight is 416 g/mol. The van der Waals surface area contributed by atoms with Crippen LogP contribution in [-0.2, 0) is 4.74 Å². The number of hydrogen-bond acceptors (Lipinski definition) is 6. The van der Waals surface area contributed by atoms with Gasteiger partial charge in [0.05, 0.1) is 7.11 Å². The van der Waals surface area contributed by atoms with Gasteiger partial charge in [-0.3, -0.25) is 0 Å². The second kappa shape index (κ2) is 7.45. The first-order chi connectivity index (χ1) is 13.6. The topological polar surface area (TPSA) is 85.0 Å². The number of methoxy groups -OCH3 is 1. The van der Waals surface area contributed by atoms with E-state index in [2.05, 4.69) is 15.2 Å². The van der Waals surface area contributed by atoms with Gasteiger partial charge in [-0.25, -0.2) is 9.69 Å². The zero-order chi connectivity index (χ0) is 19.7.